The van der Waals surface area contributed by atoms with E-state index in [9.17, 15) is 9.59 Å². The van der Waals surface area contributed by atoms with Crippen molar-refractivity contribution in [2.75, 3.05) is 5.32 Å². The maximum Gasteiger partial charge on any atom is 0.306 e. The zero-order valence-electron chi connectivity index (χ0n) is 17.3. The molecule has 1 aromatic carbocycles. The fraction of sp³-hybridized carbons (Fsp3) is 0.381. The number of hydrogen-bond acceptors (Lipinski definition) is 6. The first-order valence-corrected chi connectivity index (χ1v) is 9.49. The second-order valence-electron chi connectivity index (χ2n) is 7.17. The van der Waals surface area contributed by atoms with Gasteiger partial charge in [-0.2, -0.15) is 10.1 Å². The van der Waals surface area contributed by atoms with Crippen LogP contribution in [-0.2, 0) is 20.7 Å². The second-order valence-corrected chi connectivity index (χ2v) is 7.17. The molecule has 2 heterocycles. The summed E-state index contributed by atoms with van der Waals surface area (Å²) in [4.78, 5) is 33.1. The van der Waals surface area contributed by atoms with Gasteiger partial charge in [0.2, 0.25) is 0 Å². The quantitative estimate of drug-likeness (QED) is 0.645. The summed E-state index contributed by atoms with van der Waals surface area (Å²) >= 11 is 0. The summed E-state index contributed by atoms with van der Waals surface area (Å²) in [6.45, 7) is 9.27. The van der Waals surface area contributed by atoms with Crippen molar-refractivity contribution in [2.24, 2.45) is 0 Å². The van der Waals surface area contributed by atoms with Crippen molar-refractivity contribution in [3.8, 4) is 0 Å². The summed E-state index contributed by atoms with van der Waals surface area (Å²) in [6.07, 6.45) is 1.15. The summed E-state index contributed by atoms with van der Waals surface area (Å²) in [5.41, 5.74) is 5.40. The van der Waals surface area contributed by atoms with E-state index in [2.05, 4.69) is 20.4 Å². The minimum atomic E-state index is -0.888. The van der Waals surface area contributed by atoms with Crippen LogP contribution in [0.5, 0.6) is 0 Å². The molecule has 0 aliphatic rings. The number of nitrogens with zero attached hydrogens (tertiary/aromatic N) is 4. The van der Waals surface area contributed by atoms with E-state index in [0.29, 0.717) is 17.9 Å². The highest BCUT2D eigenvalue weighted by atomic mass is 16.5. The highest BCUT2D eigenvalue weighted by Gasteiger charge is 2.19. The minimum absolute atomic E-state index is 0.144. The molecule has 0 aliphatic heterocycles. The Hall–Kier alpha value is -3.29. The maximum atomic E-state index is 12.4. The van der Waals surface area contributed by atoms with Crippen LogP contribution in [0.2, 0.25) is 0 Å². The van der Waals surface area contributed by atoms with E-state index < -0.39 is 12.1 Å². The molecule has 0 saturated heterocycles. The van der Waals surface area contributed by atoms with Crippen molar-refractivity contribution in [3.63, 3.8) is 0 Å². The summed E-state index contributed by atoms with van der Waals surface area (Å²) < 4.78 is 6.96. The molecule has 0 fully saturated rings. The van der Waals surface area contributed by atoms with Gasteiger partial charge in [-0.05, 0) is 58.2 Å². The van der Waals surface area contributed by atoms with Gasteiger partial charge >= 0.3 is 5.97 Å². The van der Waals surface area contributed by atoms with Crippen LogP contribution in [0.4, 0.5) is 5.69 Å². The topological polar surface area (TPSA) is 98.5 Å². The Kier molecular flexibility index (Phi) is 5.91. The number of hydrogen-bond donors (Lipinski definition) is 1. The molecule has 3 aromatic rings. The second kappa shape index (κ2) is 8.38. The molecule has 2 aromatic heterocycles. The molecule has 152 valence electrons. The largest absolute Gasteiger partial charge is 0.453 e. The van der Waals surface area contributed by atoms with E-state index in [0.717, 1.165) is 28.1 Å². The Morgan fingerprint density at radius 2 is 1.97 bits per heavy atom. The molecular formula is C21H25N5O3. The lowest BCUT2D eigenvalue weighted by atomic mass is 10.1. The molecule has 1 N–H and O–H groups in total. The molecule has 0 saturated carbocycles. The third-order valence-corrected chi connectivity index (χ3v) is 4.88. The number of carbonyl (C=O) groups excluding carboxylic acids is 2. The van der Waals surface area contributed by atoms with Crippen molar-refractivity contribution >= 4 is 23.3 Å². The van der Waals surface area contributed by atoms with Gasteiger partial charge in [0.1, 0.15) is 6.33 Å². The standard InChI is InChI=1S/C21H25N5O3/c1-12-6-8-18(13(2)10-12)25-20(28)16(5)29-19(27)9-7-17-14(3)24-21-22-11-23-26(21)15(17)4/h6,8,10-11,16H,7,9H2,1-5H3,(H,25,28)/t16-/m1/s1. The highest BCUT2D eigenvalue weighted by Crippen LogP contribution is 2.17. The van der Waals surface area contributed by atoms with E-state index >= 15 is 0 Å². The molecule has 0 bridgehead atoms. The SMILES string of the molecule is Cc1ccc(NC(=O)[C@@H](C)OC(=O)CCc2c(C)nc3ncnn3c2C)c(C)c1. The van der Waals surface area contributed by atoms with Crippen LogP contribution in [0.3, 0.4) is 0 Å². The summed E-state index contributed by atoms with van der Waals surface area (Å²) in [7, 11) is 0. The Balaban J connectivity index is 1.58. The lowest BCUT2D eigenvalue weighted by molar-refractivity contribution is -0.153. The average Bonchev–Trinajstić information content (AvgIpc) is 3.12. The average molecular weight is 395 g/mol. The van der Waals surface area contributed by atoms with E-state index in [4.69, 9.17) is 4.74 Å². The normalized spacial score (nSPS) is 12.0. The third-order valence-electron chi connectivity index (χ3n) is 4.88. The Morgan fingerprint density at radius 1 is 1.21 bits per heavy atom. The van der Waals surface area contributed by atoms with Gasteiger partial charge in [-0.25, -0.2) is 9.50 Å². The summed E-state index contributed by atoms with van der Waals surface area (Å²) in [6, 6.07) is 5.75. The molecule has 0 radical (unpaired) electrons. The van der Waals surface area contributed by atoms with Gasteiger partial charge in [0.25, 0.3) is 11.7 Å². The number of amides is 1. The van der Waals surface area contributed by atoms with Crippen LogP contribution in [0, 0.1) is 27.7 Å². The van der Waals surface area contributed by atoms with Gasteiger partial charge in [0.05, 0.1) is 0 Å². The fourth-order valence-electron chi connectivity index (χ4n) is 3.24. The van der Waals surface area contributed by atoms with Gasteiger partial charge in [0.15, 0.2) is 6.10 Å². The number of nitrogens with one attached hydrogen (secondary N) is 1. The molecule has 1 amide bonds. The van der Waals surface area contributed by atoms with Gasteiger partial charge in [0, 0.05) is 23.5 Å². The molecule has 29 heavy (non-hydrogen) atoms. The van der Waals surface area contributed by atoms with Gasteiger partial charge < -0.3 is 10.1 Å². The van der Waals surface area contributed by atoms with E-state index in [1.54, 1.807) is 11.4 Å². The van der Waals surface area contributed by atoms with Crippen LogP contribution < -0.4 is 5.32 Å². The van der Waals surface area contributed by atoms with E-state index in [-0.39, 0.29) is 12.3 Å². The van der Waals surface area contributed by atoms with Gasteiger partial charge in [-0.15, -0.1) is 0 Å². The van der Waals surface area contributed by atoms with Crippen molar-refractivity contribution in [2.45, 2.75) is 53.6 Å². The Labute approximate surface area is 169 Å². The Morgan fingerprint density at radius 3 is 2.69 bits per heavy atom. The first-order chi connectivity index (χ1) is 13.8. The number of rotatable bonds is 6. The fourth-order valence-corrected chi connectivity index (χ4v) is 3.24. The van der Waals surface area contributed by atoms with Crippen LogP contribution in [0.25, 0.3) is 5.78 Å². The summed E-state index contributed by atoms with van der Waals surface area (Å²) in [5.74, 6) is -0.267. The first-order valence-electron chi connectivity index (χ1n) is 9.49. The van der Waals surface area contributed by atoms with Gasteiger partial charge in [-0.1, -0.05) is 17.7 Å². The number of fused-ring (bicyclic) bond motifs is 1. The zero-order valence-corrected chi connectivity index (χ0v) is 17.3. The van der Waals surface area contributed by atoms with Crippen LogP contribution in [0.15, 0.2) is 24.5 Å². The van der Waals surface area contributed by atoms with Crippen LogP contribution in [-0.4, -0.2) is 37.6 Å². The van der Waals surface area contributed by atoms with Crippen molar-refractivity contribution < 1.29 is 14.3 Å². The smallest absolute Gasteiger partial charge is 0.306 e. The number of esters is 1. The molecule has 3 rings (SSSR count). The van der Waals surface area contributed by atoms with Crippen molar-refractivity contribution in [1.82, 2.24) is 19.6 Å². The maximum absolute atomic E-state index is 12.4. The molecule has 8 nitrogen and oxygen atoms in total. The van der Waals surface area contributed by atoms with Crippen molar-refractivity contribution in [3.05, 3.63) is 52.6 Å². The molecule has 8 heteroatoms. The molecular weight excluding hydrogens is 370 g/mol. The van der Waals surface area contributed by atoms with Crippen LogP contribution >= 0.6 is 0 Å². The number of ether oxygens (including phenoxy) is 1. The predicted molar refractivity (Wildman–Crippen MR) is 109 cm³/mol. The van der Waals surface area contributed by atoms with Crippen molar-refractivity contribution in [1.29, 1.82) is 0 Å². The van der Waals surface area contributed by atoms with Crippen LogP contribution in [0.1, 0.15) is 41.4 Å². The molecule has 0 aliphatic carbocycles. The Bertz CT molecular complexity index is 1070. The number of anilines is 1. The van der Waals surface area contributed by atoms with E-state index in [1.165, 1.54) is 6.33 Å². The zero-order chi connectivity index (χ0) is 21.1. The predicted octanol–water partition coefficient (Wildman–Crippen LogP) is 2.86. The lowest BCUT2D eigenvalue weighted by Gasteiger charge is -2.15. The highest BCUT2D eigenvalue weighted by molar-refractivity contribution is 5.95. The summed E-state index contributed by atoms with van der Waals surface area (Å²) in [5, 5.41) is 6.95. The monoisotopic (exact) mass is 395 g/mol. The minimum Gasteiger partial charge on any atom is -0.453 e. The third kappa shape index (κ3) is 4.59. The number of benzene rings is 1. The van der Waals surface area contributed by atoms with E-state index in [1.807, 2.05) is 45.9 Å². The number of aryl methyl sites for hydroxylation is 4. The first kappa shape index (κ1) is 20.4. The molecule has 0 spiro atoms. The number of aromatic nitrogens is 4. The lowest BCUT2D eigenvalue weighted by Crippen LogP contribution is -2.30. The molecule has 1 atom stereocenters. The van der Waals surface area contributed by atoms with Gasteiger partial charge in [-0.3, -0.25) is 9.59 Å². The number of carbonyl (C=O) groups is 2. The molecule has 0 unspecified atom stereocenters.